The average molecular weight is 480 g/mol. The number of amides is 1. The third-order valence-corrected chi connectivity index (χ3v) is 5.62. The Morgan fingerprint density at radius 2 is 1.93 bits per heavy atom. The minimum Gasteiger partial charge on any atom is -0.493 e. The summed E-state index contributed by atoms with van der Waals surface area (Å²) in [6.07, 6.45) is 1.76. The van der Waals surface area contributed by atoms with Crippen LogP contribution in [-0.4, -0.2) is 30.6 Å². The van der Waals surface area contributed by atoms with Gasteiger partial charge in [0, 0.05) is 0 Å². The van der Waals surface area contributed by atoms with Crippen LogP contribution in [0.3, 0.4) is 0 Å². The van der Waals surface area contributed by atoms with Gasteiger partial charge in [0.05, 0.1) is 16.5 Å². The number of nitrogens with one attached hydrogen (secondary N) is 1. The Labute approximate surface area is 181 Å². The lowest BCUT2D eigenvalue weighted by Crippen LogP contribution is -2.17. The number of benzene rings is 2. The van der Waals surface area contributed by atoms with Crippen LogP contribution in [0.2, 0.25) is 0 Å². The molecule has 146 valence electrons. The third-order valence-electron chi connectivity index (χ3n) is 3.87. The minimum absolute atomic E-state index is 0.196. The molecule has 0 aliphatic carbocycles. The zero-order chi connectivity index (χ0) is 20.1. The Hall–Kier alpha value is -2.03. The molecule has 1 fully saturated rings. The highest BCUT2D eigenvalue weighted by molar-refractivity contribution is 9.10. The number of hydrogen-bond donors (Lipinski definition) is 1. The molecule has 0 bridgehead atoms. The van der Waals surface area contributed by atoms with E-state index in [2.05, 4.69) is 21.2 Å². The molecule has 3 rings (SSSR count). The third kappa shape index (κ3) is 5.06. The molecule has 0 spiro atoms. The van der Waals surface area contributed by atoms with E-state index in [1.165, 1.54) is 11.8 Å². The van der Waals surface area contributed by atoms with Gasteiger partial charge in [-0.25, -0.2) is 0 Å². The summed E-state index contributed by atoms with van der Waals surface area (Å²) in [6, 6.07) is 11.5. The number of carbonyl (C=O) groups is 1. The van der Waals surface area contributed by atoms with Gasteiger partial charge in [-0.3, -0.25) is 4.79 Å². The van der Waals surface area contributed by atoms with Gasteiger partial charge in [0.1, 0.15) is 23.3 Å². The van der Waals surface area contributed by atoms with E-state index in [0.29, 0.717) is 33.9 Å². The summed E-state index contributed by atoms with van der Waals surface area (Å²) in [5.41, 5.74) is 1.88. The van der Waals surface area contributed by atoms with Crippen LogP contribution in [0.4, 0.5) is 0 Å². The number of halogens is 1. The summed E-state index contributed by atoms with van der Waals surface area (Å²) in [4.78, 5) is 12.4. The van der Waals surface area contributed by atoms with Gasteiger partial charge < -0.3 is 19.5 Å². The molecule has 1 aliphatic rings. The predicted molar refractivity (Wildman–Crippen MR) is 119 cm³/mol. The molecule has 1 aliphatic heterocycles. The fourth-order valence-corrected chi connectivity index (χ4v) is 4.17. The van der Waals surface area contributed by atoms with E-state index in [0.717, 1.165) is 21.3 Å². The van der Waals surface area contributed by atoms with Crippen LogP contribution < -0.4 is 19.5 Å². The Kier molecular flexibility index (Phi) is 6.98. The largest absolute Gasteiger partial charge is 0.493 e. The van der Waals surface area contributed by atoms with Crippen molar-refractivity contribution in [3.8, 4) is 17.2 Å². The van der Waals surface area contributed by atoms with Crippen LogP contribution in [0.5, 0.6) is 17.2 Å². The second kappa shape index (κ2) is 9.45. The molecular formula is C20H18BrNO4S2. The van der Waals surface area contributed by atoms with Gasteiger partial charge in [0.25, 0.3) is 5.91 Å². The smallest absolute Gasteiger partial charge is 0.263 e. The van der Waals surface area contributed by atoms with Crippen LogP contribution in [-0.2, 0) is 4.79 Å². The van der Waals surface area contributed by atoms with Crippen LogP contribution in [0.15, 0.2) is 45.8 Å². The highest BCUT2D eigenvalue weighted by Crippen LogP contribution is 2.38. The molecular weight excluding hydrogens is 462 g/mol. The van der Waals surface area contributed by atoms with E-state index in [9.17, 15) is 4.79 Å². The maximum absolute atomic E-state index is 11.8. The SMILES string of the molecule is COc1cc(C=C2SC(=S)NC2=O)cc(Br)c1OCCOc1ccccc1C. The molecule has 2 aromatic rings. The lowest BCUT2D eigenvalue weighted by Gasteiger charge is -2.14. The van der Waals surface area contributed by atoms with Gasteiger partial charge in [-0.1, -0.05) is 42.2 Å². The van der Waals surface area contributed by atoms with Gasteiger partial charge in [-0.15, -0.1) is 0 Å². The molecule has 8 heteroatoms. The number of para-hydroxylation sites is 1. The van der Waals surface area contributed by atoms with Crippen LogP contribution in [0, 0.1) is 6.92 Å². The van der Waals surface area contributed by atoms with Crippen molar-refractivity contribution in [1.82, 2.24) is 5.32 Å². The van der Waals surface area contributed by atoms with Crippen molar-refractivity contribution in [3.05, 3.63) is 56.9 Å². The van der Waals surface area contributed by atoms with Gasteiger partial charge >= 0.3 is 0 Å². The van der Waals surface area contributed by atoms with Crippen molar-refractivity contribution in [2.75, 3.05) is 20.3 Å². The summed E-state index contributed by atoms with van der Waals surface area (Å²) < 4.78 is 18.2. The molecule has 1 heterocycles. The Balaban J connectivity index is 1.68. The number of aryl methyl sites for hydroxylation is 1. The molecule has 0 unspecified atom stereocenters. The number of ether oxygens (including phenoxy) is 3. The van der Waals surface area contributed by atoms with Crippen molar-refractivity contribution in [2.24, 2.45) is 0 Å². The van der Waals surface area contributed by atoms with Crippen molar-refractivity contribution >= 4 is 56.2 Å². The number of rotatable bonds is 7. The first kappa shape index (κ1) is 20.7. The van der Waals surface area contributed by atoms with Crippen molar-refractivity contribution in [2.45, 2.75) is 6.92 Å². The van der Waals surface area contributed by atoms with E-state index in [4.69, 9.17) is 26.4 Å². The van der Waals surface area contributed by atoms with Crippen molar-refractivity contribution < 1.29 is 19.0 Å². The lowest BCUT2D eigenvalue weighted by molar-refractivity contribution is -0.115. The predicted octanol–water partition coefficient (Wildman–Crippen LogP) is 4.71. The van der Waals surface area contributed by atoms with Gasteiger partial charge in [-0.2, -0.15) is 0 Å². The minimum atomic E-state index is -0.196. The topological polar surface area (TPSA) is 56.8 Å². The molecule has 1 amide bonds. The number of hydrogen-bond acceptors (Lipinski definition) is 6. The number of methoxy groups -OCH3 is 1. The Morgan fingerprint density at radius 1 is 1.18 bits per heavy atom. The standard InChI is InChI=1S/C20H18BrNO4S2/c1-12-5-3-4-6-15(12)25-7-8-26-18-14(21)9-13(10-16(18)24-2)11-17-19(23)22-20(27)28-17/h3-6,9-11H,7-8H2,1-2H3,(H,22,23,27). The van der Waals surface area contributed by atoms with Crippen molar-refractivity contribution in [3.63, 3.8) is 0 Å². The normalized spacial score (nSPS) is 14.9. The molecule has 5 nitrogen and oxygen atoms in total. The van der Waals surface area contributed by atoms with Crippen LogP contribution >= 0.6 is 39.9 Å². The number of carbonyl (C=O) groups excluding carboxylic acids is 1. The first-order chi connectivity index (χ1) is 13.5. The summed E-state index contributed by atoms with van der Waals surface area (Å²) in [5, 5.41) is 2.60. The fourth-order valence-electron chi connectivity index (χ4n) is 2.55. The first-order valence-electron chi connectivity index (χ1n) is 8.41. The molecule has 1 saturated heterocycles. The monoisotopic (exact) mass is 479 g/mol. The summed E-state index contributed by atoms with van der Waals surface area (Å²) in [5.74, 6) is 1.78. The maximum atomic E-state index is 11.8. The molecule has 0 atom stereocenters. The Morgan fingerprint density at radius 3 is 2.61 bits per heavy atom. The summed E-state index contributed by atoms with van der Waals surface area (Å²) >= 11 is 9.76. The van der Waals surface area contributed by atoms with Crippen LogP contribution in [0.1, 0.15) is 11.1 Å². The van der Waals surface area contributed by atoms with Gasteiger partial charge in [0.2, 0.25) is 0 Å². The zero-order valence-electron chi connectivity index (χ0n) is 15.3. The lowest BCUT2D eigenvalue weighted by atomic mass is 10.2. The molecule has 28 heavy (non-hydrogen) atoms. The van der Waals surface area contributed by atoms with E-state index in [1.807, 2.05) is 43.3 Å². The summed E-state index contributed by atoms with van der Waals surface area (Å²) in [6.45, 7) is 2.76. The average Bonchev–Trinajstić information content (AvgIpc) is 2.98. The van der Waals surface area contributed by atoms with E-state index < -0.39 is 0 Å². The van der Waals surface area contributed by atoms with E-state index >= 15 is 0 Å². The molecule has 0 radical (unpaired) electrons. The first-order valence-corrected chi connectivity index (χ1v) is 10.4. The maximum Gasteiger partial charge on any atom is 0.263 e. The van der Waals surface area contributed by atoms with Crippen molar-refractivity contribution in [1.29, 1.82) is 0 Å². The quantitative estimate of drug-likeness (QED) is 0.352. The zero-order valence-corrected chi connectivity index (χ0v) is 18.5. The Bertz CT molecular complexity index is 946. The fraction of sp³-hybridized carbons (Fsp3) is 0.200. The number of thiocarbonyl (C=S) groups is 1. The van der Waals surface area contributed by atoms with Gasteiger partial charge in [0.15, 0.2) is 11.5 Å². The molecule has 0 aromatic heterocycles. The van der Waals surface area contributed by atoms with E-state index in [-0.39, 0.29) is 5.91 Å². The second-order valence-corrected chi connectivity index (χ2v) is 8.42. The highest BCUT2D eigenvalue weighted by atomic mass is 79.9. The summed E-state index contributed by atoms with van der Waals surface area (Å²) in [7, 11) is 1.57. The molecule has 2 aromatic carbocycles. The van der Waals surface area contributed by atoms with E-state index in [1.54, 1.807) is 13.2 Å². The molecule has 0 saturated carbocycles. The van der Waals surface area contributed by atoms with Crippen LogP contribution in [0.25, 0.3) is 6.08 Å². The highest BCUT2D eigenvalue weighted by Gasteiger charge is 2.22. The second-order valence-electron chi connectivity index (χ2n) is 5.85. The van der Waals surface area contributed by atoms with Gasteiger partial charge in [-0.05, 0) is 58.3 Å². The number of thioether (sulfide) groups is 1. The molecule has 1 N–H and O–H groups in total.